The number of carbonyl (C=O) groups is 1. The number of thiazole rings is 1. The van der Waals surface area contributed by atoms with Crippen molar-refractivity contribution in [2.75, 3.05) is 7.11 Å². The van der Waals surface area contributed by atoms with Gasteiger partial charge in [0.25, 0.3) is 10.0 Å². The van der Waals surface area contributed by atoms with Crippen LogP contribution in [0.1, 0.15) is 13.8 Å². The van der Waals surface area contributed by atoms with E-state index < -0.39 is 22.0 Å². The summed E-state index contributed by atoms with van der Waals surface area (Å²) in [7, 11) is -2.61. The Hall–Kier alpha value is -0.700. The van der Waals surface area contributed by atoms with Crippen LogP contribution in [0.4, 0.5) is 0 Å². The molecule has 0 spiro atoms. The Balaban J connectivity index is 2.97. The summed E-state index contributed by atoms with van der Waals surface area (Å²) < 4.78 is 30.9. The molecule has 0 bridgehead atoms. The largest absolute Gasteiger partial charge is 0.468 e. The van der Waals surface area contributed by atoms with Crippen molar-refractivity contribution in [2.45, 2.75) is 24.1 Å². The summed E-state index contributed by atoms with van der Waals surface area (Å²) in [6.07, 6.45) is 1.14. The van der Waals surface area contributed by atoms with Crippen LogP contribution in [0.3, 0.4) is 0 Å². The van der Waals surface area contributed by atoms with Crippen molar-refractivity contribution in [3.63, 3.8) is 0 Å². The summed E-state index contributed by atoms with van der Waals surface area (Å²) >= 11 is 6.40. The highest BCUT2D eigenvalue weighted by Crippen LogP contribution is 2.23. The SMILES string of the molecule is COC(=O)[C@H](NS(=O)(=O)c1cnc(Cl)s1)C(C)C. The third kappa shape index (κ3) is 3.64. The maximum absolute atomic E-state index is 12.0. The van der Waals surface area contributed by atoms with Crippen molar-refractivity contribution < 1.29 is 17.9 Å². The van der Waals surface area contributed by atoms with Crippen LogP contribution in [0.2, 0.25) is 4.47 Å². The second kappa shape index (κ2) is 5.96. The Morgan fingerprint density at radius 2 is 2.17 bits per heavy atom. The molecule has 1 N–H and O–H groups in total. The second-order valence-corrected chi connectivity index (χ2v) is 7.35. The lowest BCUT2D eigenvalue weighted by molar-refractivity contribution is -0.143. The molecule has 6 nitrogen and oxygen atoms in total. The van der Waals surface area contributed by atoms with Crippen molar-refractivity contribution in [1.82, 2.24) is 9.71 Å². The number of esters is 1. The van der Waals surface area contributed by atoms with Crippen molar-refractivity contribution in [3.05, 3.63) is 10.7 Å². The van der Waals surface area contributed by atoms with E-state index in [1.54, 1.807) is 13.8 Å². The highest BCUT2D eigenvalue weighted by molar-refractivity contribution is 7.91. The molecule has 0 saturated heterocycles. The highest BCUT2D eigenvalue weighted by atomic mass is 35.5. The first kappa shape index (κ1) is 15.4. The van der Waals surface area contributed by atoms with E-state index in [1.807, 2.05) is 0 Å². The molecule has 102 valence electrons. The molecule has 0 aromatic carbocycles. The number of sulfonamides is 1. The van der Waals surface area contributed by atoms with Crippen LogP contribution in [-0.2, 0) is 19.6 Å². The fourth-order valence-corrected chi connectivity index (χ4v) is 3.81. The molecule has 0 aliphatic carbocycles. The molecular weight excluding hydrogens is 300 g/mol. The van der Waals surface area contributed by atoms with Crippen LogP contribution in [0, 0.1) is 5.92 Å². The zero-order valence-corrected chi connectivity index (χ0v) is 12.4. The molecule has 0 saturated carbocycles. The molecule has 18 heavy (non-hydrogen) atoms. The van der Waals surface area contributed by atoms with Gasteiger partial charge in [0.05, 0.1) is 13.3 Å². The summed E-state index contributed by atoms with van der Waals surface area (Å²) in [5.41, 5.74) is 0. The van der Waals surface area contributed by atoms with Crippen LogP contribution in [0.5, 0.6) is 0 Å². The summed E-state index contributed by atoms with van der Waals surface area (Å²) in [5, 5.41) is 0. The number of aromatic nitrogens is 1. The Bertz CT molecular complexity index is 526. The number of nitrogens with zero attached hydrogens (tertiary/aromatic N) is 1. The maximum atomic E-state index is 12.0. The van der Waals surface area contributed by atoms with Gasteiger partial charge >= 0.3 is 5.97 Å². The van der Waals surface area contributed by atoms with Crippen LogP contribution >= 0.6 is 22.9 Å². The smallest absolute Gasteiger partial charge is 0.324 e. The highest BCUT2D eigenvalue weighted by Gasteiger charge is 2.30. The van der Waals surface area contributed by atoms with Gasteiger partial charge in [0.15, 0.2) is 8.68 Å². The minimum absolute atomic E-state index is 0.0398. The van der Waals surface area contributed by atoms with Crippen molar-refractivity contribution in [1.29, 1.82) is 0 Å². The topological polar surface area (TPSA) is 85.4 Å². The lowest BCUT2D eigenvalue weighted by Gasteiger charge is -2.18. The van der Waals surface area contributed by atoms with Crippen molar-refractivity contribution >= 4 is 38.9 Å². The van der Waals surface area contributed by atoms with Crippen LogP contribution in [-0.4, -0.2) is 32.5 Å². The van der Waals surface area contributed by atoms with Gasteiger partial charge in [-0.05, 0) is 5.92 Å². The predicted octanol–water partition coefficient (Wildman–Crippen LogP) is 1.27. The van der Waals surface area contributed by atoms with Crippen LogP contribution < -0.4 is 4.72 Å². The van der Waals surface area contributed by atoms with Gasteiger partial charge in [-0.3, -0.25) is 4.79 Å². The minimum Gasteiger partial charge on any atom is -0.468 e. The third-order valence-electron chi connectivity index (χ3n) is 2.13. The van der Waals surface area contributed by atoms with Crippen molar-refractivity contribution in [3.8, 4) is 0 Å². The van der Waals surface area contributed by atoms with E-state index in [-0.39, 0.29) is 14.6 Å². The van der Waals surface area contributed by atoms with Gasteiger partial charge in [-0.15, -0.1) is 0 Å². The van der Waals surface area contributed by atoms with Crippen LogP contribution in [0.15, 0.2) is 10.4 Å². The summed E-state index contributed by atoms with van der Waals surface area (Å²) in [5.74, 6) is -0.875. The average Bonchev–Trinajstić information content (AvgIpc) is 2.72. The molecule has 0 amide bonds. The van der Waals surface area contributed by atoms with E-state index >= 15 is 0 Å². The molecule has 0 radical (unpaired) electrons. The Kier molecular flexibility index (Phi) is 5.09. The van der Waals surface area contributed by atoms with E-state index in [0.29, 0.717) is 0 Å². The zero-order valence-electron chi connectivity index (χ0n) is 10.0. The average molecular weight is 313 g/mol. The molecule has 0 aliphatic heterocycles. The zero-order chi connectivity index (χ0) is 13.9. The standard InChI is InChI=1S/C9H13ClN2O4S2/c1-5(2)7(8(13)16-3)12-18(14,15)6-4-11-9(10)17-6/h4-5,7,12H,1-3H3/t7-/m1/s1. The van der Waals surface area contributed by atoms with E-state index in [2.05, 4.69) is 14.4 Å². The van der Waals surface area contributed by atoms with Gasteiger partial charge in [0.2, 0.25) is 0 Å². The second-order valence-electron chi connectivity index (χ2n) is 3.80. The van der Waals surface area contributed by atoms with E-state index in [9.17, 15) is 13.2 Å². The number of ether oxygens (including phenoxy) is 1. The predicted molar refractivity (Wildman–Crippen MR) is 68.1 cm³/mol. The monoisotopic (exact) mass is 312 g/mol. The number of rotatable bonds is 5. The molecule has 0 unspecified atom stereocenters. The van der Waals surface area contributed by atoms with Gasteiger partial charge in [0.1, 0.15) is 6.04 Å². The molecule has 1 atom stereocenters. The van der Waals surface area contributed by atoms with E-state index in [1.165, 1.54) is 7.11 Å². The maximum Gasteiger partial charge on any atom is 0.324 e. The van der Waals surface area contributed by atoms with Gasteiger partial charge in [-0.2, -0.15) is 4.72 Å². The van der Waals surface area contributed by atoms with Gasteiger partial charge in [-0.1, -0.05) is 36.8 Å². The number of halogens is 1. The molecule has 0 fully saturated rings. The quantitative estimate of drug-likeness (QED) is 0.828. The summed E-state index contributed by atoms with van der Waals surface area (Å²) in [6.45, 7) is 3.42. The number of methoxy groups -OCH3 is 1. The molecule has 0 aliphatic rings. The molecule has 1 heterocycles. The Labute approximate surface area is 114 Å². The lowest BCUT2D eigenvalue weighted by atomic mass is 10.1. The normalized spacial score (nSPS) is 13.6. The Morgan fingerprint density at radius 3 is 2.56 bits per heavy atom. The first-order chi connectivity index (χ1) is 8.27. The fraction of sp³-hybridized carbons (Fsp3) is 0.556. The van der Waals surface area contributed by atoms with E-state index in [4.69, 9.17) is 11.6 Å². The molecular formula is C9H13ClN2O4S2. The minimum atomic E-state index is -3.82. The van der Waals surface area contributed by atoms with E-state index in [0.717, 1.165) is 17.5 Å². The number of nitrogens with one attached hydrogen (secondary N) is 1. The summed E-state index contributed by atoms with van der Waals surface area (Å²) in [4.78, 5) is 15.1. The third-order valence-corrected chi connectivity index (χ3v) is 5.14. The molecule has 9 heteroatoms. The Morgan fingerprint density at radius 1 is 1.56 bits per heavy atom. The van der Waals surface area contributed by atoms with Gasteiger partial charge < -0.3 is 4.74 Å². The fourth-order valence-electron chi connectivity index (χ4n) is 1.17. The summed E-state index contributed by atoms with van der Waals surface area (Å²) in [6, 6.07) is -0.944. The lowest BCUT2D eigenvalue weighted by Crippen LogP contribution is -2.44. The first-order valence-electron chi connectivity index (χ1n) is 4.99. The first-order valence-corrected chi connectivity index (χ1v) is 7.67. The van der Waals surface area contributed by atoms with Crippen LogP contribution in [0.25, 0.3) is 0 Å². The number of hydrogen-bond donors (Lipinski definition) is 1. The van der Waals surface area contributed by atoms with Crippen molar-refractivity contribution in [2.24, 2.45) is 5.92 Å². The molecule has 1 aromatic heterocycles. The number of carbonyl (C=O) groups excluding carboxylic acids is 1. The number of hydrogen-bond acceptors (Lipinski definition) is 6. The molecule has 1 aromatic rings. The molecule has 1 rings (SSSR count). The van der Waals surface area contributed by atoms with Gasteiger partial charge in [-0.25, -0.2) is 13.4 Å². The van der Waals surface area contributed by atoms with Gasteiger partial charge in [0, 0.05) is 0 Å².